The van der Waals surface area contributed by atoms with Gasteiger partial charge in [-0.1, -0.05) is 24.3 Å². The van der Waals surface area contributed by atoms with Crippen molar-refractivity contribution in [2.24, 2.45) is 5.10 Å². The van der Waals surface area contributed by atoms with Crippen molar-refractivity contribution in [3.05, 3.63) is 80.9 Å². The first-order valence-electron chi connectivity index (χ1n) is 10.3. The Bertz CT molecular complexity index is 1450. The number of carbonyl (C=O) groups is 2. The maximum Gasteiger partial charge on any atom is 0.308 e. The van der Waals surface area contributed by atoms with Crippen LogP contribution in [0.15, 0.2) is 75.0 Å². The largest absolute Gasteiger partial charge is 0.493 e. The van der Waals surface area contributed by atoms with E-state index in [0.29, 0.717) is 37.6 Å². The van der Waals surface area contributed by atoms with Crippen LogP contribution in [0.2, 0.25) is 0 Å². The van der Waals surface area contributed by atoms with Crippen molar-refractivity contribution in [2.75, 3.05) is 7.11 Å². The van der Waals surface area contributed by atoms with Gasteiger partial charge in [-0.15, -0.1) is 0 Å². The van der Waals surface area contributed by atoms with Gasteiger partial charge in [-0.05, 0) is 57.9 Å². The molecule has 172 valence electrons. The Hall–Kier alpha value is -3.98. The fourth-order valence-electron chi connectivity index (χ4n) is 3.66. The summed E-state index contributed by atoms with van der Waals surface area (Å²) in [5.74, 6) is -0.246. The quantitative estimate of drug-likeness (QED) is 0.136. The van der Waals surface area contributed by atoms with Crippen molar-refractivity contribution in [3.63, 3.8) is 0 Å². The second-order valence-corrected chi connectivity index (χ2v) is 8.22. The van der Waals surface area contributed by atoms with Crippen LogP contribution < -0.4 is 20.3 Å². The zero-order chi connectivity index (χ0) is 24.2. The molecule has 34 heavy (non-hydrogen) atoms. The lowest BCUT2D eigenvalue weighted by molar-refractivity contribution is -0.132. The maximum absolute atomic E-state index is 12.8. The number of fused-ring (bicyclic) bond motifs is 2. The summed E-state index contributed by atoms with van der Waals surface area (Å²) in [5.41, 5.74) is 4.39. The third kappa shape index (κ3) is 4.69. The van der Waals surface area contributed by atoms with Crippen molar-refractivity contribution in [1.82, 2.24) is 9.99 Å². The summed E-state index contributed by atoms with van der Waals surface area (Å²) >= 11 is 3.35. The van der Waals surface area contributed by atoms with E-state index in [2.05, 4.69) is 26.5 Å². The van der Waals surface area contributed by atoms with Gasteiger partial charge in [0.15, 0.2) is 16.9 Å². The first-order valence-corrected chi connectivity index (χ1v) is 11.1. The molecule has 0 aliphatic carbocycles. The molecule has 1 amide bonds. The summed E-state index contributed by atoms with van der Waals surface area (Å²) < 4.78 is 12.7. The molecule has 0 saturated heterocycles. The highest BCUT2D eigenvalue weighted by molar-refractivity contribution is 9.10. The molecular formula is C25H20BrN3O5. The molecule has 1 aromatic heterocycles. The van der Waals surface area contributed by atoms with E-state index in [-0.39, 0.29) is 23.6 Å². The topological polar surface area (TPSA) is 99.0 Å². The average molecular weight is 522 g/mol. The number of pyridine rings is 1. The summed E-state index contributed by atoms with van der Waals surface area (Å²) in [4.78, 5) is 36.9. The standard InChI is InChI=1S/C25H20BrN3O5/c1-15(30)34-25-19(26)11-16(12-22(25)33-2)13-27-28-23(31)14-29-20-9-5-3-7-17(20)24(32)18-8-4-6-10-21(18)29/h3-13H,14H2,1-2H3,(H,28,31)/b27-13-. The maximum atomic E-state index is 12.8. The summed E-state index contributed by atoms with van der Waals surface area (Å²) in [6, 6.07) is 17.7. The minimum absolute atomic E-state index is 0.0307. The van der Waals surface area contributed by atoms with Gasteiger partial charge in [-0.25, -0.2) is 5.43 Å². The van der Waals surface area contributed by atoms with Crippen LogP contribution in [0.4, 0.5) is 0 Å². The summed E-state index contributed by atoms with van der Waals surface area (Å²) in [6.07, 6.45) is 1.45. The van der Waals surface area contributed by atoms with E-state index in [1.165, 1.54) is 20.2 Å². The van der Waals surface area contributed by atoms with Crippen molar-refractivity contribution in [2.45, 2.75) is 13.5 Å². The Morgan fingerprint density at radius 3 is 2.26 bits per heavy atom. The SMILES string of the molecule is COc1cc(/C=N\NC(=O)Cn2c3ccccc3c(=O)c3ccccc32)cc(Br)c1OC(C)=O. The molecule has 0 bridgehead atoms. The number of para-hydroxylation sites is 2. The van der Waals surface area contributed by atoms with Crippen LogP contribution in [-0.2, 0) is 16.1 Å². The minimum atomic E-state index is -0.477. The zero-order valence-electron chi connectivity index (χ0n) is 18.4. The Kier molecular flexibility index (Phi) is 6.74. The van der Waals surface area contributed by atoms with Gasteiger partial charge in [0, 0.05) is 17.7 Å². The number of amides is 1. The van der Waals surface area contributed by atoms with Gasteiger partial charge >= 0.3 is 5.97 Å². The zero-order valence-corrected chi connectivity index (χ0v) is 20.0. The Morgan fingerprint density at radius 1 is 1.06 bits per heavy atom. The smallest absolute Gasteiger partial charge is 0.308 e. The Labute approximate surface area is 202 Å². The van der Waals surface area contributed by atoms with Crippen LogP contribution in [-0.4, -0.2) is 29.8 Å². The van der Waals surface area contributed by atoms with Crippen molar-refractivity contribution in [3.8, 4) is 11.5 Å². The number of hydrogen-bond acceptors (Lipinski definition) is 6. The molecule has 0 unspecified atom stereocenters. The molecule has 0 atom stereocenters. The molecule has 0 saturated carbocycles. The molecule has 0 aliphatic heterocycles. The van der Waals surface area contributed by atoms with Crippen molar-refractivity contribution >= 4 is 55.8 Å². The number of halogens is 1. The van der Waals surface area contributed by atoms with E-state index >= 15 is 0 Å². The number of hydrogen-bond donors (Lipinski definition) is 1. The number of aromatic nitrogens is 1. The predicted molar refractivity (Wildman–Crippen MR) is 133 cm³/mol. The lowest BCUT2D eigenvalue weighted by atomic mass is 10.1. The van der Waals surface area contributed by atoms with Crippen LogP contribution in [0.3, 0.4) is 0 Å². The first kappa shape index (κ1) is 23.2. The fourth-order valence-corrected chi connectivity index (χ4v) is 4.20. The van der Waals surface area contributed by atoms with E-state index in [1.54, 1.807) is 41.0 Å². The number of benzene rings is 3. The van der Waals surface area contributed by atoms with Gasteiger partial charge in [0.2, 0.25) is 0 Å². The molecule has 9 heteroatoms. The minimum Gasteiger partial charge on any atom is -0.493 e. The average Bonchev–Trinajstić information content (AvgIpc) is 2.83. The number of nitrogens with one attached hydrogen (secondary N) is 1. The van der Waals surface area contributed by atoms with Gasteiger partial charge in [-0.3, -0.25) is 14.4 Å². The highest BCUT2D eigenvalue weighted by Crippen LogP contribution is 2.36. The van der Waals surface area contributed by atoms with Crippen LogP contribution in [0, 0.1) is 0 Å². The molecule has 8 nitrogen and oxygen atoms in total. The van der Waals surface area contributed by atoms with Crippen LogP contribution >= 0.6 is 15.9 Å². The molecule has 4 aromatic rings. The van der Waals surface area contributed by atoms with E-state index in [4.69, 9.17) is 9.47 Å². The third-order valence-corrected chi connectivity index (χ3v) is 5.67. The van der Waals surface area contributed by atoms with Crippen molar-refractivity contribution in [1.29, 1.82) is 0 Å². The van der Waals surface area contributed by atoms with E-state index in [9.17, 15) is 14.4 Å². The summed E-state index contributed by atoms with van der Waals surface area (Å²) in [6.45, 7) is 1.27. The number of hydrazone groups is 1. The second-order valence-electron chi connectivity index (χ2n) is 7.37. The van der Waals surface area contributed by atoms with E-state index in [1.807, 2.05) is 24.3 Å². The lowest BCUT2D eigenvalue weighted by Crippen LogP contribution is -2.25. The van der Waals surface area contributed by atoms with Gasteiger partial charge in [0.1, 0.15) is 6.54 Å². The molecular weight excluding hydrogens is 502 g/mol. The molecule has 0 radical (unpaired) electrons. The molecule has 1 N–H and O–H groups in total. The lowest BCUT2D eigenvalue weighted by Gasteiger charge is -2.14. The molecule has 0 fully saturated rings. The number of nitrogens with zero attached hydrogens (tertiary/aromatic N) is 2. The van der Waals surface area contributed by atoms with Crippen LogP contribution in [0.1, 0.15) is 12.5 Å². The number of rotatable bonds is 6. The summed E-state index contributed by atoms with van der Waals surface area (Å²) in [5, 5.41) is 5.13. The fraction of sp³-hybridized carbons (Fsp3) is 0.120. The van der Waals surface area contributed by atoms with E-state index in [0.717, 1.165) is 0 Å². The number of methoxy groups -OCH3 is 1. The van der Waals surface area contributed by atoms with Crippen molar-refractivity contribution < 1.29 is 19.1 Å². The Balaban J connectivity index is 1.58. The van der Waals surface area contributed by atoms with E-state index < -0.39 is 5.97 Å². The third-order valence-electron chi connectivity index (χ3n) is 5.08. The van der Waals surface area contributed by atoms with Gasteiger partial charge in [-0.2, -0.15) is 5.10 Å². The van der Waals surface area contributed by atoms with Crippen LogP contribution in [0.5, 0.6) is 11.5 Å². The Morgan fingerprint density at radius 2 is 1.68 bits per heavy atom. The molecule has 0 aliphatic rings. The number of carbonyl (C=O) groups excluding carboxylic acids is 2. The van der Waals surface area contributed by atoms with Gasteiger partial charge in [0.05, 0.1) is 28.8 Å². The summed E-state index contributed by atoms with van der Waals surface area (Å²) in [7, 11) is 1.45. The molecule has 3 aromatic carbocycles. The second kappa shape index (κ2) is 9.88. The first-order chi connectivity index (χ1) is 16.4. The highest BCUT2D eigenvalue weighted by Gasteiger charge is 2.14. The predicted octanol–water partition coefficient (Wildman–Crippen LogP) is 4.00. The molecule has 1 heterocycles. The van der Waals surface area contributed by atoms with Crippen LogP contribution in [0.25, 0.3) is 21.8 Å². The monoisotopic (exact) mass is 521 g/mol. The highest BCUT2D eigenvalue weighted by atomic mass is 79.9. The van der Waals surface area contributed by atoms with Gasteiger partial charge in [0.25, 0.3) is 5.91 Å². The van der Waals surface area contributed by atoms with Gasteiger partial charge < -0.3 is 14.0 Å². The molecule has 0 spiro atoms. The number of esters is 1. The number of ether oxygens (including phenoxy) is 2. The molecule has 4 rings (SSSR count). The normalized spacial score (nSPS) is 11.1.